The zero-order valence-corrected chi connectivity index (χ0v) is 17.1. The summed E-state index contributed by atoms with van der Waals surface area (Å²) in [7, 11) is 0. The van der Waals surface area contributed by atoms with Crippen LogP contribution in [-0.4, -0.2) is 10.9 Å². The maximum absolute atomic E-state index is 12.8. The predicted molar refractivity (Wildman–Crippen MR) is 117 cm³/mol. The topological polar surface area (TPSA) is 72.7 Å². The number of halogens is 1. The summed E-state index contributed by atoms with van der Waals surface area (Å²) in [5.41, 5.74) is 3.81. The third kappa shape index (κ3) is 2.65. The Morgan fingerprint density at radius 2 is 1.69 bits per heavy atom. The smallest absolute Gasteiger partial charge is 0.349 e. The molecule has 142 valence electrons. The lowest BCUT2D eigenvalue weighted by atomic mass is 9.93. The van der Waals surface area contributed by atoms with Crippen LogP contribution in [0.5, 0.6) is 0 Å². The number of carbonyl (C=O) groups is 1. The van der Waals surface area contributed by atoms with E-state index in [0.29, 0.717) is 5.69 Å². The lowest BCUT2D eigenvalue weighted by Gasteiger charge is -2.43. The Balaban J connectivity index is 1.85. The lowest BCUT2D eigenvalue weighted by Crippen LogP contribution is -2.39. The van der Waals surface area contributed by atoms with Gasteiger partial charge in [-0.25, -0.2) is 4.79 Å². The van der Waals surface area contributed by atoms with Gasteiger partial charge in [0, 0.05) is 15.2 Å². The Morgan fingerprint density at radius 3 is 2.45 bits per heavy atom. The number of carbonyl (C=O) groups excluding carboxylic acids is 1. The molecule has 2 heterocycles. The van der Waals surface area contributed by atoms with Gasteiger partial charge in [-0.2, -0.15) is 0 Å². The number of hydrogen-bond donors (Lipinski definition) is 0. The van der Waals surface area contributed by atoms with Gasteiger partial charge in [-0.1, -0.05) is 60.7 Å². The SMILES string of the molecule is O=C1OC2c3ccccc3C(I)=C(c3ccccc3)N2c2cccc([N+](=O)[O-])c21. The van der Waals surface area contributed by atoms with E-state index in [-0.39, 0.29) is 11.3 Å². The average Bonchev–Trinajstić information content (AvgIpc) is 2.75. The number of nitro benzene ring substituents is 1. The highest BCUT2D eigenvalue weighted by Gasteiger charge is 2.44. The van der Waals surface area contributed by atoms with E-state index in [0.717, 1.165) is 26.0 Å². The van der Waals surface area contributed by atoms with E-state index in [1.54, 1.807) is 12.1 Å². The van der Waals surface area contributed by atoms with Crippen molar-refractivity contribution < 1.29 is 14.5 Å². The van der Waals surface area contributed by atoms with E-state index in [1.807, 2.05) is 59.5 Å². The average molecular weight is 496 g/mol. The molecule has 0 saturated heterocycles. The van der Waals surface area contributed by atoms with E-state index in [2.05, 4.69) is 22.6 Å². The van der Waals surface area contributed by atoms with Gasteiger partial charge in [0.15, 0.2) is 5.56 Å². The fraction of sp³-hybridized carbons (Fsp3) is 0.0455. The van der Waals surface area contributed by atoms with Crippen LogP contribution < -0.4 is 4.90 Å². The summed E-state index contributed by atoms with van der Waals surface area (Å²) in [5, 5.41) is 11.6. The van der Waals surface area contributed by atoms with Crippen LogP contribution in [0.2, 0.25) is 0 Å². The van der Waals surface area contributed by atoms with Crippen molar-refractivity contribution in [1.29, 1.82) is 0 Å². The first-order chi connectivity index (χ1) is 14.1. The van der Waals surface area contributed by atoms with Gasteiger partial charge in [-0.15, -0.1) is 0 Å². The maximum atomic E-state index is 12.8. The van der Waals surface area contributed by atoms with Crippen molar-refractivity contribution in [1.82, 2.24) is 0 Å². The highest BCUT2D eigenvalue weighted by Crippen LogP contribution is 2.52. The minimum absolute atomic E-state index is 0.0224. The third-order valence-corrected chi connectivity index (χ3v) is 6.19. The Labute approximate surface area is 179 Å². The number of nitro groups is 1. The second-order valence-corrected chi connectivity index (χ2v) is 7.75. The molecule has 5 rings (SSSR count). The van der Waals surface area contributed by atoms with Gasteiger partial charge >= 0.3 is 5.97 Å². The fourth-order valence-corrected chi connectivity index (χ4v) is 4.94. The van der Waals surface area contributed by atoms with E-state index >= 15 is 0 Å². The summed E-state index contributed by atoms with van der Waals surface area (Å²) in [6.07, 6.45) is -0.693. The summed E-state index contributed by atoms with van der Waals surface area (Å²) < 4.78 is 6.76. The maximum Gasteiger partial charge on any atom is 0.349 e. The molecule has 1 unspecified atom stereocenters. The van der Waals surface area contributed by atoms with Crippen LogP contribution in [0.15, 0.2) is 72.8 Å². The van der Waals surface area contributed by atoms with Gasteiger partial charge in [0.25, 0.3) is 5.69 Å². The summed E-state index contributed by atoms with van der Waals surface area (Å²) in [4.78, 5) is 25.7. The molecule has 0 fully saturated rings. The first kappa shape index (κ1) is 17.9. The minimum Gasteiger partial charge on any atom is -0.433 e. The minimum atomic E-state index is -0.693. The van der Waals surface area contributed by atoms with Crippen molar-refractivity contribution in [2.75, 3.05) is 4.90 Å². The van der Waals surface area contributed by atoms with E-state index in [1.165, 1.54) is 6.07 Å². The van der Waals surface area contributed by atoms with Crippen molar-refractivity contribution >= 4 is 49.2 Å². The highest BCUT2D eigenvalue weighted by molar-refractivity contribution is 14.1. The second kappa shape index (κ2) is 6.70. The molecule has 0 N–H and O–H groups in total. The molecule has 7 heteroatoms. The molecule has 2 aliphatic rings. The number of ether oxygens (including phenoxy) is 1. The monoisotopic (exact) mass is 496 g/mol. The zero-order valence-electron chi connectivity index (χ0n) is 14.9. The Hall–Kier alpha value is -3.20. The molecule has 3 aromatic carbocycles. The molecule has 1 atom stereocenters. The van der Waals surface area contributed by atoms with Gasteiger partial charge in [0.2, 0.25) is 6.23 Å². The van der Waals surface area contributed by atoms with Crippen molar-refractivity contribution in [2.45, 2.75) is 6.23 Å². The quantitative estimate of drug-likeness (QED) is 0.202. The molecule has 0 radical (unpaired) electrons. The molecule has 6 nitrogen and oxygen atoms in total. The third-order valence-electron chi connectivity index (χ3n) is 5.09. The number of hydrogen-bond acceptors (Lipinski definition) is 5. The molecule has 0 spiro atoms. The second-order valence-electron chi connectivity index (χ2n) is 6.67. The van der Waals surface area contributed by atoms with Crippen LogP contribution in [0.25, 0.3) is 9.28 Å². The normalized spacial score (nSPS) is 17.2. The van der Waals surface area contributed by atoms with Gasteiger partial charge in [0.05, 0.1) is 16.3 Å². The number of anilines is 1. The predicted octanol–water partition coefficient (Wildman–Crippen LogP) is 5.54. The van der Waals surface area contributed by atoms with Crippen LogP contribution in [-0.2, 0) is 4.74 Å². The van der Waals surface area contributed by atoms with E-state index in [4.69, 9.17) is 4.74 Å². The Morgan fingerprint density at radius 1 is 0.966 bits per heavy atom. The largest absolute Gasteiger partial charge is 0.433 e. The molecule has 0 aliphatic carbocycles. The first-order valence-corrected chi connectivity index (χ1v) is 9.98. The molecule has 0 saturated carbocycles. The molecule has 0 amide bonds. The summed E-state index contributed by atoms with van der Waals surface area (Å²) in [6.45, 7) is 0. The number of benzene rings is 3. The molecule has 0 aromatic heterocycles. The van der Waals surface area contributed by atoms with Crippen molar-refractivity contribution in [3.8, 4) is 0 Å². The molecule has 0 bridgehead atoms. The Kier molecular flexibility index (Phi) is 4.13. The summed E-state index contributed by atoms with van der Waals surface area (Å²) in [5.74, 6) is -0.687. The molecular weight excluding hydrogens is 483 g/mol. The van der Waals surface area contributed by atoms with E-state index < -0.39 is 17.1 Å². The Bertz CT molecular complexity index is 1210. The van der Waals surface area contributed by atoms with Crippen molar-refractivity contribution in [2.24, 2.45) is 0 Å². The highest BCUT2D eigenvalue weighted by atomic mass is 127. The van der Waals surface area contributed by atoms with Gasteiger partial charge in [-0.3, -0.25) is 15.0 Å². The van der Waals surface area contributed by atoms with Crippen LogP contribution in [0.4, 0.5) is 11.4 Å². The van der Waals surface area contributed by atoms with Gasteiger partial charge in [-0.05, 0) is 39.8 Å². The van der Waals surface area contributed by atoms with Gasteiger partial charge in [0.1, 0.15) is 0 Å². The first-order valence-electron chi connectivity index (χ1n) is 8.90. The van der Waals surface area contributed by atoms with Crippen LogP contribution in [0.1, 0.15) is 33.3 Å². The molecular formula is C22H13IN2O4. The summed E-state index contributed by atoms with van der Waals surface area (Å²) in [6, 6.07) is 22.2. The van der Waals surface area contributed by atoms with Crippen molar-refractivity contribution in [3.05, 3.63) is 105 Å². The van der Waals surface area contributed by atoms with Crippen LogP contribution >= 0.6 is 22.6 Å². The molecule has 3 aromatic rings. The zero-order chi connectivity index (χ0) is 20.1. The number of esters is 1. The number of fused-ring (bicyclic) bond motifs is 5. The molecule has 2 aliphatic heterocycles. The lowest BCUT2D eigenvalue weighted by molar-refractivity contribution is -0.385. The van der Waals surface area contributed by atoms with Gasteiger partial charge < -0.3 is 4.74 Å². The van der Waals surface area contributed by atoms with Crippen LogP contribution in [0.3, 0.4) is 0 Å². The van der Waals surface area contributed by atoms with Crippen LogP contribution in [0, 0.1) is 10.1 Å². The molecule has 29 heavy (non-hydrogen) atoms. The number of rotatable bonds is 2. The number of nitrogens with zero attached hydrogens (tertiary/aromatic N) is 2. The summed E-state index contributed by atoms with van der Waals surface area (Å²) >= 11 is 2.29. The van der Waals surface area contributed by atoms with Crippen molar-refractivity contribution in [3.63, 3.8) is 0 Å². The standard InChI is InChI=1S/C22H13IN2O4/c23-19-14-9-4-5-10-15(14)21-24(20(19)13-7-2-1-3-8-13)16-11-6-12-17(25(27)28)18(16)22(26)29-21/h1-12,21H. The fourth-order valence-electron chi connectivity index (χ4n) is 3.88. The van der Waals surface area contributed by atoms with E-state index in [9.17, 15) is 14.9 Å².